The Morgan fingerprint density at radius 1 is 1.42 bits per heavy atom. The summed E-state index contributed by atoms with van der Waals surface area (Å²) >= 11 is 0. The topological polar surface area (TPSA) is 81.1 Å². The second kappa shape index (κ2) is 4.42. The van der Waals surface area contributed by atoms with E-state index in [1.165, 1.54) is 0 Å². The van der Waals surface area contributed by atoms with Gasteiger partial charge in [0.2, 0.25) is 0 Å². The molecule has 3 rings (SSSR count). The summed E-state index contributed by atoms with van der Waals surface area (Å²) in [4.78, 5) is 12.1. The standard InChI is InChI=1S/C14H15N3O2/c1-8-2-5-10(15)6-11(8)16-14(18)12-7-13(19-17-12)9-3-4-9/h2,5-7,9H,3-4,15H2,1H3,(H,16,18). The van der Waals surface area contributed by atoms with Crippen LogP contribution in [0.4, 0.5) is 11.4 Å². The summed E-state index contributed by atoms with van der Waals surface area (Å²) in [7, 11) is 0. The second-order valence-electron chi connectivity index (χ2n) is 4.92. The van der Waals surface area contributed by atoms with E-state index >= 15 is 0 Å². The van der Waals surface area contributed by atoms with Gasteiger partial charge in [-0.2, -0.15) is 0 Å². The summed E-state index contributed by atoms with van der Waals surface area (Å²) in [6, 6.07) is 7.11. The molecule has 1 fully saturated rings. The van der Waals surface area contributed by atoms with Crippen LogP contribution in [0.15, 0.2) is 28.8 Å². The van der Waals surface area contributed by atoms with Gasteiger partial charge in [0, 0.05) is 23.4 Å². The Bertz CT molecular complexity index is 629. The Morgan fingerprint density at radius 3 is 2.95 bits per heavy atom. The highest BCUT2D eigenvalue weighted by molar-refractivity contribution is 6.03. The first-order valence-electron chi connectivity index (χ1n) is 6.27. The molecule has 5 heteroatoms. The molecule has 0 spiro atoms. The summed E-state index contributed by atoms with van der Waals surface area (Å²) in [6.45, 7) is 1.91. The number of nitrogens with one attached hydrogen (secondary N) is 1. The van der Waals surface area contributed by atoms with Gasteiger partial charge in [0.1, 0.15) is 5.76 Å². The molecule has 0 aliphatic heterocycles. The number of hydrogen-bond donors (Lipinski definition) is 2. The molecule has 0 unspecified atom stereocenters. The molecule has 0 saturated heterocycles. The van der Waals surface area contributed by atoms with Crippen LogP contribution in [-0.2, 0) is 0 Å². The van der Waals surface area contributed by atoms with Gasteiger partial charge in [-0.3, -0.25) is 4.79 Å². The van der Waals surface area contributed by atoms with Crippen LogP contribution in [0.5, 0.6) is 0 Å². The minimum Gasteiger partial charge on any atom is -0.399 e. The van der Waals surface area contributed by atoms with Crippen LogP contribution in [0.3, 0.4) is 0 Å². The molecule has 1 aliphatic rings. The van der Waals surface area contributed by atoms with E-state index in [4.69, 9.17) is 10.3 Å². The number of amides is 1. The monoisotopic (exact) mass is 257 g/mol. The zero-order valence-electron chi connectivity index (χ0n) is 10.6. The largest absolute Gasteiger partial charge is 0.399 e. The number of nitrogens with two attached hydrogens (primary N) is 1. The maximum Gasteiger partial charge on any atom is 0.277 e. The minimum absolute atomic E-state index is 0.274. The van der Waals surface area contributed by atoms with Crippen molar-refractivity contribution >= 4 is 17.3 Å². The van der Waals surface area contributed by atoms with Crippen molar-refractivity contribution in [2.24, 2.45) is 0 Å². The highest BCUT2D eigenvalue weighted by Crippen LogP contribution is 2.40. The van der Waals surface area contributed by atoms with Crippen LogP contribution in [0.1, 0.15) is 40.6 Å². The SMILES string of the molecule is Cc1ccc(N)cc1NC(=O)c1cc(C2CC2)on1. The van der Waals surface area contributed by atoms with Gasteiger partial charge in [-0.15, -0.1) is 0 Å². The first kappa shape index (κ1) is 11.8. The molecule has 1 aromatic carbocycles. The van der Waals surface area contributed by atoms with Gasteiger partial charge in [-0.05, 0) is 37.5 Å². The van der Waals surface area contributed by atoms with Crippen molar-refractivity contribution in [2.45, 2.75) is 25.7 Å². The Labute approximate surface area is 110 Å². The van der Waals surface area contributed by atoms with Crippen LogP contribution in [0.25, 0.3) is 0 Å². The normalized spacial score (nSPS) is 14.4. The number of benzene rings is 1. The predicted octanol–water partition coefficient (Wildman–Crippen LogP) is 2.69. The lowest BCUT2D eigenvalue weighted by Crippen LogP contribution is -2.13. The fourth-order valence-electron chi connectivity index (χ4n) is 1.92. The smallest absolute Gasteiger partial charge is 0.277 e. The summed E-state index contributed by atoms with van der Waals surface area (Å²) in [5.74, 6) is 0.974. The number of hydrogen-bond acceptors (Lipinski definition) is 4. The number of aromatic nitrogens is 1. The van der Waals surface area contributed by atoms with Gasteiger partial charge in [-0.25, -0.2) is 0 Å². The van der Waals surface area contributed by atoms with Crippen molar-refractivity contribution < 1.29 is 9.32 Å². The van der Waals surface area contributed by atoms with E-state index in [1.54, 1.807) is 18.2 Å². The molecule has 0 atom stereocenters. The van der Waals surface area contributed by atoms with Crippen LogP contribution in [0.2, 0.25) is 0 Å². The molecule has 0 bridgehead atoms. The zero-order valence-corrected chi connectivity index (χ0v) is 10.6. The lowest BCUT2D eigenvalue weighted by molar-refractivity contribution is 0.101. The molecule has 1 aromatic heterocycles. The van der Waals surface area contributed by atoms with Crippen LogP contribution < -0.4 is 11.1 Å². The van der Waals surface area contributed by atoms with E-state index in [1.807, 2.05) is 13.0 Å². The zero-order chi connectivity index (χ0) is 13.4. The van der Waals surface area contributed by atoms with E-state index in [-0.39, 0.29) is 5.91 Å². The molecule has 3 N–H and O–H groups in total. The number of carbonyl (C=O) groups is 1. The van der Waals surface area contributed by atoms with Crippen LogP contribution in [0, 0.1) is 6.92 Å². The predicted molar refractivity (Wildman–Crippen MR) is 72.0 cm³/mol. The third kappa shape index (κ3) is 2.45. The maximum atomic E-state index is 12.1. The summed E-state index contributed by atoms with van der Waals surface area (Å²) in [5.41, 5.74) is 8.28. The fraction of sp³-hybridized carbons (Fsp3) is 0.286. The van der Waals surface area contributed by atoms with Gasteiger partial charge in [0.25, 0.3) is 5.91 Å². The lowest BCUT2D eigenvalue weighted by Gasteiger charge is -2.07. The van der Waals surface area contributed by atoms with Gasteiger partial charge in [-0.1, -0.05) is 11.2 Å². The van der Waals surface area contributed by atoms with Crippen molar-refractivity contribution in [3.05, 3.63) is 41.3 Å². The van der Waals surface area contributed by atoms with E-state index < -0.39 is 0 Å². The summed E-state index contributed by atoms with van der Waals surface area (Å²) < 4.78 is 5.17. The van der Waals surface area contributed by atoms with E-state index in [2.05, 4.69) is 10.5 Å². The Balaban J connectivity index is 1.77. The third-order valence-electron chi connectivity index (χ3n) is 3.25. The van der Waals surface area contributed by atoms with Crippen LogP contribution in [-0.4, -0.2) is 11.1 Å². The summed E-state index contributed by atoms with van der Waals surface area (Å²) in [5, 5.41) is 6.61. The fourth-order valence-corrected chi connectivity index (χ4v) is 1.92. The van der Waals surface area contributed by atoms with Crippen molar-refractivity contribution in [3.63, 3.8) is 0 Å². The Kier molecular flexibility index (Phi) is 2.74. The molecular formula is C14H15N3O2. The Hall–Kier alpha value is -2.30. The number of nitrogen functional groups attached to an aromatic ring is 1. The van der Waals surface area contributed by atoms with Gasteiger partial charge >= 0.3 is 0 Å². The first-order chi connectivity index (χ1) is 9.13. The van der Waals surface area contributed by atoms with Crippen molar-refractivity contribution in [1.82, 2.24) is 5.16 Å². The van der Waals surface area contributed by atoms with Gasteiger partial charge in [0.05, 0.1) is 0 Å². The highest BCUT2D eigenvalue weighted by atomic mass is 16.5. The second-order valence-corrected chi connectivity index (χ2v) is 4.92. The van der Waals surface area contributed by atoms with Crippen molar-refractivity contribution in [3.8, 4) is 0 Å². The lowest BCUT2D eigenvalue weighted by atomic mass is 10.2. The molecule has 1 heterocycles. The molecule has 1 amide bonds. The molecule has 0 radical (unpaired) electrons. The average Bonchev–Trinajstić information content (AvgIpc) is 3.11. The first-order valence-corrected chi connectivity index (χ1v) is 6.27. The quantitative estimate of drug-likeness (QED) is 0.828. The number of nitrogens with zero attached hydrogens (tertiary/aromatic N) is 1. The number of anilines is 2. The Morgan fingerprint density at radius 2 is 2.21 bits per heavy atom. The molecule has 1 saturated carbocycles. The van der Waals surface area contributed by atoms with Crippen molar-refractivity contribution in [2.75, 3.05) is 11.1 Å². The number of aryl methyl sites for hydroxylation is 1. The minimum atomic E-state index is -0.274. The van der Waals surface area contributed by atoms with E-state index in [0.29, 0.717) is 23.0 Å². The molecule has 98 valence electrons. The number of carbonyl (C=O) groups excluding carboxylic acids is 1. The average molecular weight is 257 g/mol. The molecule has 5 nitrogen and oxygen atoms in total. The van der Waals surface area contributed by atoms with E-state index in [0.717, 1.165) is 24.2 Å². The van der Waals surface area contributed by atoms with Gasteiger partial charge in [0.15, 0.2) is 5.69 Å². The highest BCUT2D eigenvalue weighted by Gasteiger charge is 2.28. The third-order valence-corrected chi connectivity index (χ3v) is 3.25. The van der Waals surface area contributed by atoms with Crippen LogP contribution >= 0.6 is 0 Å². The molecular weight excluding hydrogens is 242 g/mol. The molecule has 1 aliphatic carbocycles. The number of rotatable bonds is 3. The maximum absolute atomic E-state index is 12.1. The molecule has 19 heavy (non-hydrogen) atoms. The summed E-state index contributed by atoms with van der Waals surface area (Å²) in [6.07, 6.45) is 2.23. The van der Waals surface area contributed by atoms with Crippen molar-refractivity contribution in [1.29, 1.82) is 0 Å². The van der Waals surface area contributed by atoms with Gasteiger partial charge < -0.3 is 15.6 Å². The van der Waals surface area contributed by atoms with E-state index in [9.17, 15) is 4.79 Å². The molecule has 2 aromatic rings.